The van der Waals surface area contributed by atoms with E-state index < -0.39 is 88.8 Å². The molecular weight excluding hydrogens is 887 g/mol. The predicted molar refractivity (Wildman–Crippen MR) is 259 cm³/mol. The van der Waals surface area contributed by atoms with E-state index in [4.69, 9.17) is 24.0 Å². The number of nitriles is 1. The molecule has 4 aliphatic heterocycles. The van der Waals surface area contributed by atoms with Crippen LogP contribution in [0.25, 0.3) is 10.8 Å². The monoisotopic (exact) mass is 951 g/mol. The Kier molecular flexibility index (Phi) is 15.8. The first kappa shape index (κ1) is 51.9. The number of fused-ring (bicyclic) bond motifs is 14. The van der Waals surface area contributed by atoms with Gasteiger partial charge in [-0.2, -0.15) is 10.4 Å². The highest BCUT2D eigenvalue weighted by atomic mass is 16.7. The highest BCUT2D eigenvalue weighted by Gasteiger charge is 2.50. The molecule has 17 heteroatoms. The normalized spacial score (nSPS) is 29.4. The molecule has 69 heavy (non-hydrogen) atoms. The van der Waals surface area contributed by atoms with E-state index in [-0.39, 0.29) is 56.6 Å². The lowest BCUT2D eigenvalue weighted by Crippen LogP contribution is -2.54. The lowest BCUT2D eigenvalue weighted by molar-refractivity contribution is -0.160. The zero-order valence-corrected chi connectivity index (χ0v) is 41.1. The Hall–Kier alpha value is -6.45. The number of allylic oxidation sites excluding steroid dienone is 2. The third kappa shape index (κ3) is 10.3. The van der Waals surface area contributed by atoms with Gasteiger partial charge in [-0.1, -0.05) is 64.1 Å². The highest BCUT2D eigenvalue weighted by Crippen LogP contribution is 2.55. The van der Waals surface area contributed by atoms with Crippen LogP contribution in [0, 0.1) is 41.9 Å². The van der Waals surface area contributed by atoms with Gasteiger partial charge in [0, 0.05) is 80.8 Å². The zero-order valence-electron chi connectivity index (χ0n) is 41.1. The second-order valence-corrected chi connectivity index (χ2v) is 18.9. The Labute approximate surface area is 402 Å². The topological polar surface area (TPSA) is 244 Å². The number of esters is 1. The summed E-state index contributed by atoms with van der Waals surface area (Å²) in [6, 6.07) is 9.29. The maximum Gasteiger partial charge on any atom is 0.312 e. The van der Waals surface area contributed by atoms with Crippen molar-refractivity contribution in [1.82, 2.24) is 9.91 Å². The third-order valence-corrected chi connectivity index (χ3v) is 13.8. The molecular formula is C52H65N5O12. The fourth-order valence-corrected chi connectivity index (χ4v) is 9.79. The molecule has 0 saturated carbocycles. The summed E-state index contributed by atoms with van der Waals surface area (Å²) in [7, 11) is 1.43. The highest BCUT2D eigenvalue weighted by molar-refractivity contribution is 6.23. The summed E-state index contributed by atoms with van der Waals surface area (Å²) in [6.07, 6.45) is 4.74. The number of nitrogens with one attached hydrogen (secondary N) is 1. The number of piperazine rings is 1. The summed E-state index contributed by atoms with van der Waals surface area (Å²) in [5, 5.41) is 77.8. The van der Waals surface area contributed by atoms with Crippen LogP contribution < -0.4 is 10.1 Å². The molecule has 17 nitrogen and oxygen atoms in total. The summed E-state index contributed by atoms with van der Waals surface area (Å²) in [4.78, 5) is 43.3. The van der Waals surface area contributed by atoms with Gasteiger partial charge in [0.2, 0.25) is 0 Å². The number of hydrazone groups is 1. The summed E-state index contributed by atoms with van der Waals surface area (Å²) in [5.74, 6) is -8.67. The van der Waals surface area contributed by atoms with Gasteiger partial charge < -0.3 is 49.8 Å². The first-order chi connectivity index (χ1) is 32.6. The van der Waals surface area contributed by atoms with Crippen molar-refractivity contribution in [2.75, 3.05) is 25.5 Å². The number of amides is 1. The molecule has 4 heterocycles. The number of anilines is 1. The van der Waals surface area contributed by atoms with Crippen LogP contribution >= 0.6 is 0 Å². The molecule has 3 aromatic carbocycles. The van der Waals surface area contributed by atoms with Crippen molar-refractivity contribution in [3.63, 3.8) is 0 Å². The molecule has 5 bridgehead atoms. The number of ketones is 1. The van der Waals surface area contributed by atoms with E-state index >= 15 is 0 Å². The average molecular weight is 952 g/mol. The van der Waals surface area contributed by atoms with E-state index in [1.54, 1.807) is 45.9 Å². The second-order valence-electron chi connectivity index (χ2n) is 18.9. The maximum absolute atomic E-state index is 14.7. The molecule has 0 spiro atoms. The number of hydrogen-bond acceptors (Lipinski definition) is 16. The van der Waals surface area contributed by atoms with Gasteiger partial charge in [-0.3, -0.25) is 24.3 Å². The van der Waals surface area contributed by atoms with Crippen LogP contribution in [0.4, 0.5) is 5.69 Å². The molecule has 1 fully saturated rings. The summed E-state index contributed by atoms with van der Waals surface area (Å²) < 4.78 is 23.8. The SMILES string of the molecule is COC1C=COC2(C)Oc3c(C)c(O)c4c(O)c(c(C=NN5C(C)CN(Cc6ccccc6C#N)CC5C)c(O)c4c3C2=O)NC(=O)C(C)=CC=CC(C)C(O)C(C)C(O)C(C)C(OC(C)=O)C1C. The fraction of sp³-hybridized carbons (Fsp3) is 0.481. The molecule has 7 rings (SSSR count). The van der Waals surface area contributed by atoms with E-state index in [1.165, 1.54) is 59.4 Å². The molecule has 0 aliphatic carbocycles. The standard InChI is InChI=1S/C52H65N5O12/c1-26-15-14-16-27(2)51(65)55-42-37(22-54-57-28(3)23-56(24-29(57)4)25-36-18-13-12-17-35(36)21-53)46(62)39-40(47(42)63)45(61)33(8)49-41(39)50(64)52(10,69-49)67-20-19-38(66-11)30(5)48(68-34(9)58)32(7)44(60)31(6)43(26)59/h12-20,22,26,28-32,38,43-44,48,59-63H,23-25H2,1-11H3,(H,55,65). The molecule has 1 saturated heterocycles. The number of aliphatic hydroxyl groups excluding tert-OH is 2. The lowest BCUT2D eigenvalue weighted by atomic mass is 9.78. The van der Waals surface area contributed by atoms with Crippen molar-refractivity contribution in [3.8, 4) is 29.1 Å². The minimum Gasteiger partial charge on any atom is -0.507 e. The van der Waals surface area contributed by atoms with Crippen LogP contribution in [0.3, 0.4) is 0 Å². The Morgan fingerprint density at radius 2 is 1.62 bits per heavy atom. The Morgan fingerprint density at radius 1 is 0.957 bits per heavy atom. The van der Waals surface area contributed by atoms with Crippen molar-refractivity contribution >= 4 is 40.3 Å². The zero-order chi connectivity index (χ0) is 50.8. The first-order valence-electron chi connectivity index (χ1n) is 23.2. The van der Waals surface area contributed by atoms with Crippen molar-refractivity contribution in [2.45, 2.75) is 118 Å². The van der Waals surface area contributed by atoms with Crippen LogP contribution in [0.5, 0.6) is 23.0 Å². The summed E-state index contributed by atoms with van der Waals surface area (Å²) in [5.41, 5.74) is 0.978. The molecule has 6 N–H and O–H groups in total. The van der Waals surface area contributed by atoms with Crippen molar-refractivity contribution in [1.29, 1.82) is 5.26 Å². The van der Waals surface area contributed by atoms with Gasteiger partial charge in [0.15, 0.2) is 5.75 Å². The minimum atomic E-state index is -2.09. The minimum absolute atomic E-state index is 0.0332. The van der Waals surface area contributed by atoms with Crippen LogP contribution in [0.15, 0.2) is 65.5 Å². The van der Waals surface area contributed by atoms with E-state index in [0.717, 1.165) is 5.56 Å². The first-order valence-corrected chi connectivity index (χ1v) is 23.2. The van der Waals surface area contributed by atoms with Crippen LogP contribution in [0.1, 0.15) is 94.9 Å². The van der Waals surface area contributed by atoms with Crippen LogP contribution in [0.2, 0.25) is 0 Å². The van der Waals surface area contributed by atoms with Gasteiger partial charge in [-0.05, 0) is 45.4 Å². The Morgan fingerprint density at radius 3 is 2.26 bits per heavy atom. The molecule has 11 atom stereocenters. The molecule has 4 aliphatic rings. The molecule has 1 amide bonds. The maximum atomic E-state index is 14.7. The molecule has 3 aromatic rings. The molecule has 370 valence electrons. The largest absolute Gasteiger partial charge is 0.507 e. The number of nitrogens with zero attached hydrogens (tertiary/aromatic N) is 4. The van der Waals surface area contributed by atoms with E-state index in [1.807, 2.05) is 37.1 Å². The van der Waals surface area contributed by atoms with Gasteiger partial charge in [0.05, 0.1) is 76.7 Å². The number of Topliss-reactive ketones (excluding diaryl/α,β-unsaturated/α-hetero) is 1. The second kappa shape index (κ2) is 21.0. The predicted octanol–water partition coefficient (Wildman–Crippen LogP) is 6.55. The van der Waals surface area contributed by atoms with E-state index in [9.17, 15) is 45.2 Å². The number of ether oxygens (including phenoxy) is 4. The number of hydrogen-bond donors (Lipinski definition) is 6. The molecule has 0 radical (unpaired) electrons. The quantitative estimate of drug-likeness (QED) is 0.0664. The van der Waals surface area contributed by atoms with Gasteiger partial charge in [0.25, 0.3) is 11.7 Å². The number of aliphatic hydroxyl groups is 2. The fourth-order valence-electron chi connectivity index (χ4n) is 9.79. The number of carbonyl (C=O) groups excluding carboxylic acids is 3. The number of aromatic hydroxyl groups is 3. The smallest absolute Gasteiger partial charge is 0.312 e. The average Bonchev–Trinajstić information content (AvgIpc) is 3.57. The van der Waals surface area contributed by atoms with E-state index in [2.05, 4.69) is 16.3 Å². The van der Waals surface area contributed by atoms with E-state index in [0.29, 0.717) is 25.2 Å². The van der Waals surface area contributed by atoms with Crippen molar-refractivity contribution in [3.05, 3.63) is 88.2 Å². The lowest BCUT2D eigenvalue weighted by Gasteiger charge is -2.43. The van der Waals surface area contributed by atoms with Gasteiger partial charge in [-0.15, -0.1) is 0 Å². The van der Waals surface area contributed by atoms with Crippen molar-refractivity contribution < 1.29 is 58.9 Å². The number of methoxy groups -OCH3 is 1. The molecule has 11 unspecified atom stereocenters. The summed E-state index contributed by atoms with van der Waals surface area (Å²) in [6.45, 7) is 18.1. The Balaban J connectivity index is 1.48. The number of benzene rings is 3. The number of phenolic OH excluding ortho intramolecular Hbond substituents is 3. The van der Waals surface area contributed by atoms with Gasteiger partial charge in [-0.25, -0.2) is 0 Å². The van der Waals surface area contributed by atoms with Crippen LogP contribution in [-0.4, -0.2) is 122 Å². The number of carbonyl (C=O) groups is 3. The number of phenols is 3. The molecule has 0 aromatic heterocycles. The number of rotatable bonds is 6. The van der Waals surface area contributed by atoms with Crippen molar-refractivity contribution in [2.24, 2.45) is 28.8 Å². The Bertz CT molecular complexity index is 2630. The third-order valence-electron chi connectivity index (χ3n) is 13.8. The van der Waals surface area contributed by atoms with Gasteiger partial charge in [0.1, 0.15) is 23.4 Å². The summed E-state index contributed by atoms with van der Waals surface area (Å²) >= 11 is 0. The van der Waals surface area contributed by atoms with Gasteiger partial charge >= 0.3 is 11.8 Å². The van der Waals surface area contributed by atoms with Crippen LogP contribution in [-0.2, 0) is 30.3 Å².